The van der Waals surface area contributed by atoms with E-state index < -0.39 is 18.4 Å². The summed E-state index contributed by atoms with van der Waals surface area (Å²) in [6.07, 6.45) is 1.23. The molecule has 1 fully saturated rings. The van der Waals surface area contributed by atoms with Gasteiger partial charge in [-0.25, -0.2) is 18.4 Å². The smallest absolute Gasteiger partial charge is 0.287 e. The zero-order chi connectivity index (χ0) is 21.4. The van der Waals surface area contributed by atoms with E-state index in [1.165, 1.54) is 27.1 Å². The highest BCUT2D eigenvalue weighted by atomic mass is 32.1. The van der Waals surface area contributed by atoms with Crippen LogP contribution in [0.5, 0.6) is 5.88 Å². The van der Waals surface area contributed by atoms with E-state index >= 15 is 0 Å². The molecule has 4 heterocycles. The van der Waals surface area contributed by atoms with Gasteiger partial charge in [0, 0.05) is 30.0 Å². The Hall–Kier alpha value is -3.40. The Balaban J connectivity index is 1.36. The van der Waals surface area contributed by atoms with Crippen LogP contribution < -0.4 is 4.74 Å². The molecule has 1 saturated heterocycles. The number of carbonyl (C=O) groups excluding carboxylic acids is 1. The van der Waals surface area contributed by atoms with Crippen LogP contribution in [0.3, 0.4) is 0 Å². The number of ether oxygens (including phenoxy) is 1. The molecule has 7 nitrogen and oxygen atoms in total. The lowest BCUT2D eigenvalue weighted by Crippen LogP contribution is -2.55. The van der Waals surface area contributed by atoms with Gasteiger partial charge >= 0.3 is 0 Å². The van der Waals surface area contributed by atoms with E-state index in [-0.39, 0.29) is 24.9 Å². The van der Waals surface area contributed by atoms with Crippen molar-refractivity contribution < 1.29 is 18.3 Å². The Morgan fingerprint density at radius 3 is 2.97 bits per heavy atom. The molecular weight excluding hydrogens is 424 g/mol. The number of fused-ring (bicyclic) bond motifs is 1. The van der Waals surface area contributed by atoms with Crippen LogP contribution in [0.2, 0.25) is 0 Å². The van der Waals surface area contributed by atoms with Gasteiger partial charge in [0.25, 0.3) is 11.8 Å². The Morgan fingerprint density at radius 2 is 2.13 bits per heavy atom. The number of pyridine rings is 1. The van der Waals surface area contributed by atoms with E-state index in [4.69, 9.17) is 4.74 Å². The van der Waals surface area contributed by atoms with Crippen LogP contribution in [0.25, 0.3) is 15.9 Å². The summed E-state index contributed by atoms with van der Waals surface area (Å²) in [5.74, 6) is -3.28. The normalized spacial score (nSPS) is 18.3. The first-order valence-corrected chi connectivity index (χ1v) is 10.5. The molecule has 0 saturated carbocycles. The van der Waals surface area contributed by atoms with Crippen LogP contribution in [0, 0.1) is 0 Å². The first kappa shape index (κ1) is 19.6. The predicted octanol–water partition coefficient (Wildman–Crippen LogP) is 3.81. The number of hydrogen-bond donors (Lipinski definition) is 0. The lowest BCUT2D eigenvalue weighted by atomic mass is 10.0. The van der Waals surface area contributed by atoms with Crippen LogP contribution in [-0.4, -0.2) is 55.9 Å². The van der Waals surface area contributed by atoms with Gasteiger partial charge in [0.2, 0.25) is 5.88 Å². The summed E-state index contributed by atoms with van der Waals surface area (Å²) < 4.78 is 36.3. The predicted molar refractivity (Wildman–Crippen MR) is 111 cm³/mol. The van der Waals surface area contributed by atoms with Crippen LogP contribution in [0.15, 0.2) is 60.2 Å². The van der Waals surface area contributed by atoms with E-state index in [1.807, 2.05) is 11.4 Å². The van der Waals surface area contributed by atoms with Crippen molar-refractivity contribution in [3.8, 4) is 11.6 Å². The topological polar surface area (TPSA) is 73.1 Å². The number of alkyl halides is 2. The van der Waals surface area contributed by atoms with Crippen LogP contribution in [-0.2, 0) is 0 Å². The average molecular weight is 441 g/mol. The highest BCUT2D eigenvalue weighted by molar-refractivity contribution is 7.16. The second kappa shape index (κ2) is 7.69. The van der Waals surface area contributed by atoms with Crippen molar-refractivity contribution in [1.29, 1.82) is 0 Å². The van der Waals surface area contributed by atoms with E-state index in [1.54, 1.807) is 42.6 Å². The molecular formula is C21H17F2N5O2S. The minimum Gasteiger partial charge on any atom is -0.466 e. The van der Waals surface area contributed by atoms with Gasteiger partial charge in [-0.05, 0) is 35.7 Å². The second-order valence-corrected chi connectivity index (χ2v) is 8.13. The second-order valence-electron chi connectivity index (χ2n) is 7.23. The van der Waals surface area contributed by atoms with Crippen molar-refractivity contribution in [2.24, 2.45) is 0 Å². The molecule has 3 aromatic heterocycles. The highest BCUT2D eigenvalue weighted by Gasteiger charge is 2.47. The Bertz CT molecular complexity index is 1230. The molecule has 0 unspecified atom stereocenters. The minimum atomic E-state index is -3.06. The van der Waals surface area contributed by atoms with Crippen molar-refractivity contribution >= 4 is 27.5 Å². The number of hydrogen-bond acceptors (Lipinski definition) is 6. The number of carbonyl (C=O) groups is 1. The molecule has 1 aliphatic rings. The summed E-state index contributed by atoms with van der Waals surface area (Å²) in [6, 6.07) is 12.1. The van der Waals surface area contributed by atoms with Crippen molar-refractivity contribution in [3.05, 3.63) is 65.8 Å². The van der Waals surface area contributed by atoms with Crippen molar-refractivity contribution in [3.63, 3.8) is 0 Å². The number of halogens is 2. The standard InChI is InChI=1S/C21H17F2N5O2S/c22-21(23)7-9-27(13-17(21)30-18-5-4-14-6-11-31-19(14)25-18)20(29)15-2-1-3-16(12-15)28-10-8-24-26-28/h1-6,8,10-12,17H,7,9,13H2/t17-/m0/s1. The van der Waals surface area contributed by atoms with Gasteiger partial charge in [0.1, 0.15) is 4.83 Å². The van der Waals surface area contributed by atoms with E-state index in [2.05, 4.69) is 15.3 Å². The third kappa shape index (κ3) is 3.86. The molecule has 1 atom stereocenters. The maximum absolute atomic E-state index is 14.6. The number of benzene rings is 1. The minimum absolute atomic E-state index is 0.0589. The third-order valence-corrected chi connectivity index (χ3v) is 6.02. The Labute approximate surface area is 179 Å². The third-order valence-electron chi connectivity index (χ3n) is 5.19. The molecule has 1 amide bonds. The maximum Gasteiger partial charge on any atom is 0.287 e. The molecule has 4 aromatic rings. The molecule has 0 N–H and O–H groups in total. The number of rotatable bonds is 4. The number of likely N-dealkylation sites (tertiary alicyclic amines) is 1. The van der Waals surface area contributed by atoms with Gasteiger partial charge in [0.05, 0.1) is 24.6 Å². The Kier molecular flexibility index (Phi) is 4.85. The summed E-state index contributed by atoms with van der Waals surface area (Å²) in [5, 5.41) is 10.5. The molecule has 0 bridgehead atoms. The summed E-state index contributed by atoms with van der Waals surface area (Å²) in [6.45, 7) is -0.291. The zero-order valence-corrected chi connectivity index (χ0v) is 17.0. The lowest BCUT2D eigenvalue weighted by Gasteiger charge is -2.38. The summed E-state index contributed by atoms with van der Waals surface area (Å²) >= 11 is 1.41. The van der Waals surface area contributed by atoms with E-state index in [0.29, 0.717) is 11.3 Å². The molecule has 10 heteroatoms. The van der Waals surface area contributed by atoms with Crippen molar-refractivity contribution in [1.82, 2.24) is 24.9 Å². The summed E-state index contributed by atoms with van der Waals surface area (Å²) in [5.41, 5.74) is 1.04. The van der Waals surface area contributed by atoms with E-state index in [9.17, 15) is 13.6 Å². The number of thiophene rings is 1. The van der Waals surface area contributed by atoms with Gasteiger partial charge in [-0.1, -0.05) is 11.3 Å². The Morgan fingerprint density at radius 1 is 1.23 bits per heavy atom. The molecule has 0 radical (unpaired) electrons. The fraction of sp³-hybridized carbons (Fsp3) is 0.238. The monoisotopic (exact) mass is 441 g/mol. The van der Waals surface area contributed by atoms with E-state index in [0.717, 1.165) is 10.2 Å². The molecule has 158 valence electrons. The van der Waals surface area contributed by atoms with Gasteiger partial charge in [-0.2, -0.15) is 0 Å². The SMILES string of the molecule is O=C(c1cccc(-n2ccnn2)c1)N1CCC(F)(F)[C@@H](Oc2ccc3ccsc3n2)C1. The molecule has 0 spiro atoms. The first-order valence-electron chi connectivity index (χ1n) is 9.64. The van der Waals surface area contributed by atoms with Gasteiger partial charge < -0.3 is 9.64 Å². The first-order chi connectivity index (χ1) is 15.0. The van der Waals surface area contributed by atoms with Gasteiger partial charge in [-0.15, -0.1) is 16.4 Å². The number of aromatic nitrogens is 4. The lowest BCUT2D eigenvalue weighted by molar-refractivity contribution is -0.131. The van der Waals surface area contributed by atoms with Gasteiger partial charge in [-0.3, -0.25) is 4.79 Å². The molecule has 1 aromatic carbocycles. The van der Waals surface area contributed by atoms with Gasteiger partial charge in [0.15, 0.2) is 6.10 Å². The summed E-state index contributed by atoms with van der Waals surface area (Å²) in [7, 11) is 0. The number of amides is 1. The fourth-order valence-electron chi connectivity index (χ4n) is 3.53. The van der Waals surface area contributed by atoms with Crippen LogP contribution in [0.1, 0.15) is 16.8 Å². The van der Waals surface area contributed by atoms with Crippen molar-refractivity contribution in [2.75, 3.05) is 13.1 Å². The zero-order valence-electron chi connectivity index (χ0n) is 16.2. The molecule has 0 aliphatic carbocycles. The maximum atomic E-state index is 14.6. The summed E-state index contributed by atoms with van der Waals surface area (Å²) in [4.78, 5) is 19.5. The number of piperidine rings is 1. The fourth-order valence-corrected chi connectivity index (χ4v) is 4.28. The molecule has 5 rings (SSSR count). The average Bonchev–Trinajstić information content (AvgIpc) is 3.46. The quantitative estimate of drug-likeness (QED) is 0.482. The highest BCUT2D eigenvalue weighted by Crippen LogP contribution is 2.33. The largest absolute Gasteiger partial charge is 0.466 e. The van der Waals surface area contributed by atoms with Crippen LogP contribution in [0.4, 0.5) is 8.78 Å². The van der Waals surface area contributed by atoms with Crippen LogP contribution >= 0.6 is 11.3 Å². The molecule has 1 aliphatic heterocycles. The molecule has 31 heavy (non-hydrogen) atoms. The van der Waals surface area contributed by atoms with Crippen molar-refractivity contribution in [2.45, 2.75) is 18.4 Å². The number of nitrogens with zero attached hydrogens (tertiary/aromatic N) is 5.